The van der Waals surface area contributed by atoms with Gasteiger partial charge in [-0.05, 0) is 35.7 Å². The molecule has 0 aromatic heterocycles. The van der Waals surface area contributed by atoms with E-state index in [4.69, 9.17) is 4.74 Å². The molecule has 0 fully saturated rings. The summed E-state index contributed by atoms with van der Waals surface area (Å²) < 4.78 is 5.75. The second-order valence-electron chi connectivity index (χ2n) is 4.79. The van der Waals surface area contributed by atoms with Gasteiger partial charge in [0.25, 0.3) is 0 Å². The van der Waals surface area contributed by atoms with Gasteiger partial charge in [-0.3, -0.25) is 4.79 Å². The molecule has 0 radical (unpaired) electrons. The maximum atomic E-state index is 11.2. The van der Waals surface area contributed by atoms with Crippen molar-refractivity contribution in [3.63, 3.8) is 0 Å². The molecule has 0 heterocycles. The molecule has 0 amide bonds. The summed E-state index contributed by atoms with van der Waals surface area (Å²) in [4.78, 5) is 11.2. The molecule has 104 valence electrons. The average Bonchev–Trinajstić information content (AvgIpc) is 2.52. The Morgan fingerprint density at radius 3 is 2.55 bits per heavy atom. The molecule has 2 heteroatoms. The van der Waals surface area contributed by atoms with Gasteiger partial charge in [0.05, 0.1) is 6.61 Å². The van der Waals surface area contributed by atoms with Gasteiger partial charge in [-0.15, -0.1) is 0 Å². The number of hydrogen-bond donors (Lipinski definition) is 0. The minimum absolute atomic E-state index is 0.692. The molecule has 0 unspecified atom stereocenters. The van der Waals surface area contributed by atoms with Crippen LogP contribution in [0, 0.1) is 0 Å². The van der Waals surface area contributed by atoms with Crippen LogP contribution < -0.4 is 4.74 Å². The van der Waals surface area contributed by atoms with Crippen molar-refractivity contribution >= 4 is 6.29 Å². The second-order valence-corrected chi connectivity index (χ2v) is 4.79. The lowest BCUT2D eigenvalue weighted by Crippen LogP contribution is -1.98. The zero-order chi connectivity index (χ0) is 14.2. The summed E-state index contributed by atoms with van der Waals surface area (Å²) >= 11 is 0. The monoisotopic (exact) mass is 268 g/mol. The first-order valence-corrected chi connectivity index (χ1v) is 7.12. The van der Waals surface area contributed by atoms with Gasteiger partial charge in [-0.2, -0.15) is 0 Å². The lowest BCUT2D eigenvalue weighted by molar-refractivity contribution is 0.112. The zero-order valence-corrected chi connectivity index (χ0v) is 11.8. The van der Waals surface area contributed by atoms with Gasteiger partial charge >= 0.3 is 0 Å². The molecule has 0 saturated heterocycles. The fraction of sp³-hybridized carbons (Fsp3) is 0.278. The minimum Gasteiger partial charge on any atom is -0.494 e. The summed E-state index contributed by atoms with van der Waals surface area (Å²) in [6.45, 7) is 2.90. The van der Waals surface area contributed by atoms with E-state index in [2.05, 4.69) is 6.92 Å². The van der Waals surface area contributed by atoms with Crippen LogP contribution in [-0.4, -0.2) is 12.9 Å². The third kappa shape index (κ3) is 3.70. The van der Waals surface area contributed by atoms with Crippen LogP contribution in [0.3, 0.4) is 0 Å². The minimum atomic E-state index is 0.692. The van der Waals surface area contributed by atoms with Gasteiger partial charge in [-0.1, -0.05) is 50.1 Å². The SMILES string of the molecule is CCCCCOc1ccc(C=O)c(-c2ccccc2)c1. The number of carbonyl (C=O) groups excluding carboxylic acids is 1. The van der Waals surface area contributed by atoms with E-state index >= 15 is 0 Å². The molecule has 2 nitrogen and oxygen atoms in total. The molecule has 2 rings (SSSR count). The van der Waals surface area contributed by atoms with E-state index in [0.717, 1.165) is 36.2 Å². The van der Waals surface area contributed by atoms with Crippen LogP contribution in [0.1, 0.15) is 36.5 Å². The Hall–Kier alpha value is -2.09. The predicted molar refractivity (Wildman–Crippen MR) is 82.3 cm³/mol. The predicted octanol–water partition coefficient (Wildman–Crippen LogP) is 4.74. The highest BCUT2D eigenvalue weighted by Crippen LogP contribution is 2.27. The van der Waals surface area contributed by atoms with E-state index in [1.165, 1.54) is 12.8 Å². The normalized spacial score (nSPS) is 10.2. The van der Waals surface area contributed by atoms with Crippen LogP contribution >= 0.6 is 0 Å². The Labute approximate surface area is 120 Å². The number of carbonyl (C=O) groups is 1. The summed E-state index contributed by atoms with van der Waals surface area (Å²) in [5.41, 5.74) is 2.65. The summed E-state index contributed by atoms with van der Waals surface area (Å²) in [5, 5.41) is 0. The number of benzene rings is 2. The Morgan fingerprint density at radius 2 is 1.85 bits per heavy atom. The van der Waals surface area contributed by atoms with Crippen molar-refractivity contribution in [1.29, 1.82) is 0 Å². The molecular formula is C18H20O2. The van der Waals surface area contributed by atoms with Crippen molar-refractivity contribution in [2.24, 2.45) is 0 Å². The molecule has 2 aromatic carbocycles. The van der Waals surface area contributed by atoms with Crippen molar-refractivity contribution in [3.8, 4) is 16.9 Å². The number of ether oxygens (including phenoxy) is 1. The molecule has 0 bridgehead atoms. The molecule has 0 spiro atoms. The van der Waals surface area contributed by atoms with Crippen LogP contribution in [-0.2, 0) is 0 Å². The lowest BCUT2D eigenvalue weighted by Gasteiger charge is -2.10. The first-order chi connectivity index (χ1) is 9.85. The van der Waals surface area contributed by atoms with Gasteiger partial charge in [0.1, 0.15) is 5.75 Å². The lowest BCUT2D eigenvalue weighted by atomic mass is 10.0. The van der Waals surface area contributed by atoms with Crippen molar-refractivity contribution in [2.75, 3.05) is 6.61 Å². The van der Waals surface area contributed by atoms with Gasteiger partial charge in [0.15, 0.2) is 6.29 Å². The fourth-order valence-electron chi connectivity index (χ4n) is 2.14. The van der Waals surface area contributed by atoms with Crippen molar-refractivity contribution in [2.45, 2.75) is 26.2 Å². The number of aldehydes is 1. The van der Waals surface area contributed by atoms with Crippen molar-refractivity contribution < 1.29 is 9.53 Å². The summed E-state index contributed by atoms with van der Waals surface area (Å²) in [6.07, 6.45) is 4.32. The fourth-order valence-corrected chi connectivity index (χ4v) is 2.14. The molecule has 2 aromatic rings. The van der Waals surface area contributed by atoms with E-state index in [-0.39, 0.29) is 0 Å². The smallest absolute Gasteiger partial charge is 0.150 e. The Balaban J connectivity index is 2.19. The largest absolute Gasteiger partial charge is 0.494 e. The third-order valence-electron chi connectivity index (χ3n) is 3.25. The molecule has 0 aliphatic heterocycles. The van der Waals surface area contributed by atoms with Crippen molar-refractivity contribution in [1.82, 2.24) is 0 Å². The van der Waals surface area contributed by atoms with Crippen LogP contribution in [0.4, 0.5) is 0 Å². The first-order valence-electron chi connectivity index (χ1n) is 7.12. The van der Waals surface area contributed by atoms with Gasteiger partial charge in [0, 0.05) is 5.56 Å². The Bertz CT molecular complexity index is 547. The molecule has 0 atom stereocenters. The van der Waals surface area contributed by atoms with Crippen LogP contribution in [0.25, 0.3) is 11.1 Å². The number of rotatable bonds is 7. The Morgan fingerprint density at radius 1 is 1.05 bits per heavy atom. The van der Waals surface area contributed by atoms with Gasteiger partial charge in [0.2, 0.25) is 0 Å². The zero-order valence-electron chi connectivity index (χ0n) is 11.8. The van der Waals surface area contributed by atoms with Crippen LogP contribution in [0.5, 0.6) is 5.75 Å². The number of unbranched alkanes of at least 4 members (excludes halogenated alkanes) is 2. The maximum Gasteiger partial charge on any atom is 0.150 e. The quantitative estimate of drug-likeness (QED) is 0.535. The second kappa shape index (κ2) is 7.49. The van der Waals surface area contributed by atoms with Gasteiger partial charge < -0.3 is 4.74 Å². The summed E-state index contributed by atoms with van der Waals surface area (Å²) in [7, 11) is 0. The third-order valence-corrected chi connectivity index (χ3v) is 3.25. The average molecular weight is 268 g/mol. The topological polar surface area (TPSA) is 26.3 Å². The molecule has 0 aliphatic carbocycles. The Kier molecular flexibility index (Phi) is 5.36. The standard InChI is InChI=1S/C18H20O2/c1-2-3-7-12-20-17-11-10-16(14-19)18(13-17)15-8-5-4-6-9-15/h4-6,8-11,13-14H,2-3,7,12H2,1H3. The van der Waals surface area contributed by atoms with Crippen LogP contribution in [0.15, 0.2) is 48.5 Å². The van der Waals surface area contributed by atoms with E-state index < -0.39 is 0 Å². The van der Waals surface area contributed by atoms with E-state index in [1.54, 1.807) is 0 Å². The van der Waals surface area contributed by atoms with E-state index in [9.17, 15) is 4.79 Å². The highest BCUT2D eigenvalue weighted by atomic mass is 16.5. The highest BCUT2D eigenvalue weighted by Gasteiger charge is 2.06. The molecule has 0 saturated carbocycles. The number of hydrogen-bond acceptors (Lipinski definition) is 2. The first kappa shape index (κ1) is 14.3. The molecule has 0 N–H and O–H groups in total. The van der Waals surface area contributed by atoms with Crippen LogP contribution in [0.2, 0.25) is 0 Å². The highest BCUT2D eigenvalue weighted by molar-refractivity contribution is 5.88. The molecule has 20 heavy (non-hydrogen) atoms. The summed E-state index contributed by atoms with van der Waals surface area (Å²) in [6, 6.07) is 15.6. The van der Waals surface area contributed by atoms with Gasteiger partial charge in [-0.25, -0.2) is 0 Å². The van der Waals surface area contributed by atoms with E-state index in [1.807, 2.05) is 48.5 Å². The maximum absolute atomic E-state index is 11.2. The van der Waals surface area contributed by atoms with E-state index in [0.29, 0.717) is 5.56 Å². The van der Waals surface area contributed by atoms with Crippen molar-refractivity contribution in [3.05, 3.63) is 54.1 Å². The summed E-state index contributed by atoms with van der Waals surface area (Å²) in [5.74, 6) is 0.825. The molecule has 0 aliphatic rings. The molecular weight excluding hydrogens is 248 g/mol.